The fourth-order valence-electron chi connectivity index (χ4n) is 2.84. The quantitative estimate of drug-likeness (QED) is 0.835. The standard InChI is InChI=1S/C18H23ClN4O3/c1-18(2,3)26-17(25)22-13-6-4-5-11(7-13)16(24)23-15-8-14(19)12(9-20)10-21-15/h8,10-11,13H,4-7H2,1-3H3,(H,22,25)(H,21,23,24)/t11-,13+/m0/s1. The van der Waals surface area contributed by atoms with E-state index in [1.807, 2.05) is 6.07 Å². The number of rotatable bonds is 3. The monoisotopic (exact) mass is 378 g/mol. The van der Waals surface area contributed by atoms with Crippen molar-refractivity contribution >= 4 is 29.4 Å². The molecule has 1 aromatic rings. The van der Waals surface area contributed by atoms with Gasteiger partial charge in [-0.3, -0.25) is 4.79 Å². The molecule has 26 heavy (non-hydrogen) atoms. The van der Waals surface area contributed by atoms with Gasteiger partial charge in [-0.15, -0.1) is 0 Å². The fraction of sp³-hybridized carbons (Fsp3) is 0.556. The highest BCUT2D eigenvalue weighted by molar-refractivity contribution is 6.32. The molecule has 2 atom stereocenters. The summed E-state index contributed by atoms with van der Waals surface area (Å²) in [5.41, 5.74) is -0.306. The van der Waals surface area contributed by atoms with Gasteiger partial charge in [0, 0.05) is 24.2 Å². The Kier molecular flexibility index (Phi) is 6.43. The Balaban J connectivity index is 1.92. The Labute approximate surface area is 158 Å². The van der Waals surface area contributed by atoms with Crippen molar-refractivity contribution in [1.82, 2.24) is 10.3 Å². The first kappa shape index (κ1) is 20.0. The Bertz CT molecular complexity index is 724. The normalized spacial score (nSPS) is 20.0. The van der Waals surface area contributed by atoms with Crippen molar-refractivity contribution in [3.05, 3.63) is 22.8 Å². The molecule has 0 radical (unpaired) electrons. The van der Waals surface area contributed by atoms with Gasteiger partial charge in [0.05, 0.1) is 10.6 Å². The van der Waals surface area contributed by atoms with Crippen LogP contribution in [0.4, 0.5) is 10.6 Å². The molecule has 0 bridgehead atoms. The van der Waals surface area contributed by atoms with Crippen molar-refractivity contribution in [1.29, 1.82) is 5.26 Å². The summed E-state index contributed by atoms with van der Waals surface area (Å²) in [7, 11) is 0. The van der Waals surface area contributed by atoms with E-state index in [1.165, 1.54) is 12.3 Å². The third kappa shape index (κ3) is 5.88. The SMILES string of the molecule is CC(C)(C)OC(=O)N[C@@H]1CCC[C@H](C(=O)Nc2cc(Cl)c(C#N)cn2)C1. The number of hydrogen-bond donors (Lipinski definition) is 2. The van der Waals surface area contributed by atoms with Crippen molar-refractivity contribution in [2.75, 3.05) is 5.32 Å². The zero-order chi connectivity index (χ0) is 19.3. The number of hydrogen-bond acceptors (Lipinski definition) is 5. The fourth-order valence-corrected chi connectivity index (χ4v) is 3.04. The van der Waals surface area contributed by atoms with Crippen LogP contribution in [0.2, 0.25) is 5.02 Å². The first-order chi connectivity index (χ1) is 12.2. The van der Waals surface area contributed by atoms with E-state index in [2.05, 4.69) is 15.6 Å². The first-order valence-corrected chi connectivity index (χ1v) is 8.92. The Morgan fingerprint density at radius 1 is 1.38 bits per heavy atom. The van der Waals surface area contributed by atoms with E-state index >= 15 is 0 Å². The lowest BCUT2D eigenvalue weighted by Crippen LogP contribution is -2.43. The molecule has 1 aliphatic carbocycles. The van der Waals surface area contributed by atoms with Crippen molar-refractivity contribution in [3.63, 3.8) is 0 Å². The number of halogens is 1. The number of nitrogens with zero attached hydrogens (tertiary/aromatic N) is 2. The third-order valence-corrected chi connectivity index (χ3v) is 4.30. The minimum Gasteiger partial charge on any atom is -0.444 e. The average Bonchev–Trinajstić information content (AvgIpc) is 2.53. The minimum atomic E-state index is -0.559. The largest absolute Gasteiger partial charge is 0.444 e. The van der Waals surface area contributed by atoms with E-state index in [0.29, 0.717) is 12.2 Å². The number of nitriles is 1. The van der Waals surface area contributed by atoms with E-state index in [9.17, 15) is 9.59 Å². The van der Waals surface area contributed by atoms with Gasteiger partial charge >= 0.3 is 6.09 Å². The number of anilines is 1. The summed E-state index contributed by atoms with van der Waals surface area (Å²) < 4.78 is 5.27. The van der Waals surface area contributed by atoms with Crippen molar-refractivity contribution in [2.24, 2.45) is 5.92 Å². The van der Waals surface area contributed by atoms with Crippen LogP contribution < -0.4 is 10.6 Å². The van der Waals surface area contributed by atoms with Crippen LogP contribution in [0.1, 0.15) is 52.0 Å². The highest BCUT2D eigenvalue weighted by Gasteiger charge is 2.29. The van der Waals surface area contributed by atoms with Crippen LogP contribution in [0.5, 0.6) is 0 Å². The topological polar surface area (TPSA) is 104 Å². The number of pyridine rings is 1. The number of aromatic nitrogens is 1. The number of nitrogens with one attached hydrogen (secondary N) is 2. The summed E-state index contributed by atoms with van der Waals surface area (Å²) in [5, 5.41) is 14.7. The van der Waals surface area contributed by atoms with Gasteiger partial charge in [0.25, 0.3) is 0 Å². The summed E-state index contributed by atoms with van der Waals surface area (Å²) >= 11 is 5.96. The maximum absolute atomic E-state index is 12.5. The lowest BCUT2D eigenvalue weighted by Gasteiger charge is -2.30. The molecule has 0 aromatic carbocycles. The molecule has 1 aromatic heterocycles. The molecule has 2 amide bonds. The predicted octanol–water partition coefficient (Wildman–Crippen LogP) is 3.63. The molecule has 140 valence electrons. The Morgan fingerprint density at radius 3 is 2.73 bits per heavy atom. The molecule has 2 N–H and O–H groups in total. The van der Waals surface area contributed by atoms with Crippen molar-refractivity contribution in [2.45, 2.75) is 58.1 Å². The highest BCUT2D eigenvalue weighted by atomic mass is 35.5. The second-order valence-electron chi connectivity index (χ2n) is 7.36. The maximum atomic E-state index is 12.5. The molecule has 1 fully saturated rings. The number of carbonyl (C=O) groups excluding carboxylic acids is 2. The van der Waals surface area contributed by atoms with Gasteiger partial charge in [-0.05, 0) is 40.0 Å². The van der Waals surface area contributed by atoms with E-state index in [-0.39, 0.29) is 28.5 Å². The van der Waals surface area contributed by atoms with Crippen LogP contribution in [0.15, 0.2) is 12.3 Å². The molecule has 1 saturated carbocycles. The van der Waals surface area contributed by atoms with Crippen LogP contribution in [0, 0.1) is 17.2 Å². The molecular formula is C18H23ClN4O3. The minimum absolute atomic E-state index is 0.105. The molecule has 0 spiro atoms. The molecule has 8 heteroatoms. The smallest absolute Gasteiger partial charge is 0.407 e. The number of amides is 2. The molecule has 1 aliphatic rings. The molecular weight excluding hydrogens is 356 g/mol. The van der Waals surface area contributed by atoms with E-state index in [4.69, 9.17) is 21.6 Å². The Morgan fingerprint density at radius 2 is 2.12 bits per heavy atom. The predicted molar refractivity (Wildman–Crippen MR) is 97.7 cm³/mol. The van der Waals surface area contributed by atoms with Gasteiger partial charge in [-0.1, -0.05) is 18.0 Å². The molecule has 0 aliphatic heterocycles. The number of carbonyl (C=O) groups is 2. The molecule has 7 nitrogen and oxygen atoms in total. The lowest BCUT2D eigenvalue weighted by molar-refractivity contribution is -0.121. The second kappa shape index (κ2) is 8.37. The zero-order valence-corrected chi connectivity index (χ0v) is 15.9. The maximum Gasteiger partial charge on any atom is 0.407 e. The number of alkyl carbamates (subject to hydrolysis) is 1. The summed E-state index contributed by atoms with van der Waals surface area (Å²) in [6.45, 7) is 5.41. The molecule has 0 saturated heterocycles. The summed E-state index contributed by atoms with van der Waals surface area (Å²) in [6, 6.07) is 3.27. The summed E-state index contributed by atoms with van der Waals surface area (Å²) in [6.07, 6.45) is 3.77. The van der Waals surface area contributed by atoms with Crippen molar-refractivity contribution < 1.29 is 14.3 Å². The molecule has 0 unspecified atom stereocenters. The van der Waals surface area contributed by atoms with Crippen LogP contribution in [-0.2, 0) is 9.53 Å². The van der Waals surface area contributed by atoms with Gasteiger partial charge < -0.3 is 15.4 Å². The number of ether oxygens (including phenoxy) is 1. The average molecular weight is 379 g/mol. The van der Waals surface area contributed by atoms with Crippen LogP contribution in [-0.4, -0.2) is 28.6 Å². The van der Waals surface area contributed by atoms with E-state index in [1.54, 1.807) is 20.8 Å². The Hall–Kier alpha value is -2.33. The molecule has 2 rings (SSSR count). The first-order valence-electron chi connectivity index (χ1n) is 8.54. The van der Waals surface area contributed by atoms with Crippen LogP contribution >= 0.6 is 11.6 Å². The highest BCUT2D eigenvalue weighted by Crippen LogP contribution is 2.26. The van der Waals surface area contributed by atoms with Crippen LogP contribution in [0.25, 0.3) is 0 Å². The summed E-state index contributed by atoms with van der Waals surface area (Å²) in [4.78, 5) is 28.4. The second-order valence-corrected chi connectivity index (χ2v) is 7.76. The van der Waals surface area contributed by atoms with Gasteiger partial charge in [0.2, 0.25) is 5.91 Å². The van der Waals surface area contributed by atoms with Gasteiger partial charge in [0.1, 0.15) is 17.5 Å². The summed E-state index contributed by atoms with van der Waals surface area (Å²) in [5.74, 6) is -0.102. The zero-order valence-electron chi connectivity index (χ0n) is 15.1. The lowest BCUT2D eigenvalue weighted by atomic mass is 9.85. The van der Waals surface area contributed by atoms with Gasteiger partial charge in [-0.25, -0.2) is 9.78 Å². The third-order valence-electron chi connectivity index (χ3n) is 3.99. The van der Waals surface area contributed by atoms with Gasteiger partial charge in [0.15, 0.2) is 0 Å². The van der Waals surface area contributed by atoms with Crippen molar-refractivity contribution in [3.8, 4) is 6.07 Å². The molecule has 1 heterocycles. The van der Waals surface area contributed by atoms with Crippen LogP contribution in [0.3, 0.4) is 0 Å². The van der Waals surface area contributed by atoms with E-state index < -0.39 is 11.7 Å². The van der Waals surface area contributed by atoms with Gasteiger partial charge in [-0.2, -0.15) is 5.26 Å². The van der Waals surface area contributed by atoms with E-state index in [0.717, 1.165) is 19.3 Å².